The highest BCUT2D eigenvalue weighted by atomic mass is 35.7. The van der Waals surface area contributed by atoms with Crippen molar-refractivity contribution in [2.75, 3.05) is 91.5 Å². The highest BCUT2D eigenvalue weighted by molar-refractivity contribution is 8.13. The third-order valence-electron chi connectivity index (χ3n) is 8.32. The molecule has 0 spiro atoms. The molecule has 0 aromatic heterocycles. The summed E-state index contributed by atoms with van der Waals surface area (Å²) in [6.07, 6.45) is 11.4. The van der Waals surface area contributed by atoms with Crippen LogP contribution in [0.2, 0.25) is 0 Å². The van der Waals surface area contributed by atoms with Crippen molar-refractivity contribution in [2.45, 2.75) is 69.5 Å². The number of piperidine rings is 4. The molecule has 0 unspecified atom stereocenters. The predicted molar refractivity (Wildman–Crippen MR) is 195 cm³/mol. The molecule has 294 valence electrons. The number of sulfonamides is 3. The maximum atomic E-state index is 11.1. The normalized spacial score (nSPS) is 21.7. The number of aliphatic carboxylic acids is 1. The van der Waals surface area contributed by atoms with Gasteiger partial charge in [-0.1, -0.05) is 0 Å². The van der Waals surface area contributed by atoms with Crippen LogP contribution in [0.1, 0.15) is 51.4 Å². The molecule has 0 aliphatic carbocycles. The fourth-order valence-corrected chi connectivity index (χ4v) is 7.85. The Morgan fingerprint density at radius 2 is 0.918 bits per heavy atom. The van der Waals surface area contributed by atoms with Crippen LogP contribution in [-0.4, -0.2) is 167 Å². The molecule has 4 heterocycles. The second-order valence-electron chi connectivity index (χ2n) is 12.5. The monoisotopic (exact) mass is 805 g/mol. The van der Waals surface area contributed by atoms with Crippen LogP contribution in [0.15, 0.2) is 0 Å². The lowest BCUT2D eigenvalue weighted by atomic mass is 9.99. The van der Waals surface area contributed by atoms with E-state index < -0.39 is 45.1 Å². The van der Waals surface area contributed by atoms with Gasteiger partial charge in [0.15, 0.2) is 0 Å². The van der Waals surface area contributed by atoms with Crippen molar-refractivity contribution in [3.63, 3.8) is 0 Å². The minimum Gasteiger partial charge on any atom is -0.481 e. The number of carbonyl (C=O) groups is 1. The summed E-state index contributed by atoms with van der Waals surface area (Å²) in [5.74, 6) is -1.20. The van der Waals surface area contributed by atoms with Gasteiger partial charge in [0, 0.05) is 68.1 Å². The van der Waals surface area contributed by atoms with Crippen LogP contribution in [0, 0.1) is 5.92 Å². The van der Waals surface area contributed by atoms with E-state index in [1.807, 2.05) is 14.1 Å². The average molecular weight is 807 g/mol. The van der Waals surface area contributed by atoms with Gasteiger partial charge in [-0.25, -0.2) is 46.6 Å². The molecule has 49 heavy (non-hydrogen) atoms. The number of nitrogens with two attached hydrogens (primary N) is 1. The first-order chi connectivity index (χ1) is 22.4. The number of nitrogens with one attached hydrogen (secondary N) is 3. The quantitative estimate of drug-likeness (QED) is 0.200. The molecular weight excluding hydrogens is 746 g/mol. The highest BCUT2D eigenvalue weighted by Crippen LogP contribution is 2.19. The number of hydrogen-bond donors (Lipinski definition) is 5. The van der Waals surface area contributed by atoms with E-state index in [2.05, 4.69) is 26.6 Å². The van der Waals surface area contributed by atoms with Gasteiger partial charge in [-0.15, -0.1) is 0 Å². The standard InChI is InChI=1S/C7H16N2O2S.C7H13NO4S.C6H14N2O2S.C6H14N2.CH3ClO2S/c1-8-7-3-5-9(6-4-7)12(2,10)11;1-13(11,12)8-4-2-6(3-5-8)7(9)10;1-11(9,10)8-4-2-6(7)3-5-8;1-7-6-2-4-8-5-3-6;1-5(2,3)4/h7-8H,3-6H2,1-2H3;6H,2-5H2,1H3,(H,9,10);6H,2-5,7H2,1H3;6-8H,2-5H2,1H3;1H3. The summed E-state index contributed by atoms with van der Waals surface area (Å²) in [7, 11) is -3.80. The molecule has 22 heteroatoms. The molecule has 0 atom stereocenters. The molecule has 0 aromatic carbocycles. The third kappa shape index (κ3) is 24.2. The van der Waals surface area contributed by atoms with E-state index in [4.69, 9.17) is 10.8 Å². The van der Waals surface area contributed by atoms with Crippen molar-refractivity contribution in [1.82, 2.24) is 28.9 Å². The minimum atomic E-state index is -3.19. The summed E-state index contributed by atoms with van der Waals surface area (Å²) < 4.78 is 89.4. The van der Waals surface area contributed by atoms with Gasteiger partial charge in [0.1, 0.15) is 0 Å². The van der Waals surface area contributed by atoms with E-state index in [-0.39, 0.29) is 12.0 Å². The molecule has 4 fully saturated rings. The number of nitrogens with zero attached hydrogens (tertiary/aromatic N) is 3. The molecule has 0 bridgehead atoms. The Morgan fingerprint density at radius 3 is 1.18 bits per heavy atom. The van der Waals surface area contributed by atoms with Gasteiger partial charge >= 0.3 is 5.97 Å². The van der Waals surface area contributed by atoms with Gasteiger partial charge in [-0.05, 0) is 78.6 Å². The maximum Gasteiger partial charge on any atom is 0.306 e. The summed E-state index contributed by atoms with van der Waals surface area (Å²) in [6, 6.07) is 1.45. The summed E-state index contributed by atoms with van der Waals surface area (Å²) in [6.45, 7) is 5.51. The van der Waals surface area contributed by atoms with Crippen LogP contribution in [0.25, 0.3) is 0 Å². The molecule has 4 rings (SSSR count). The van der Waals surface area contributed by atoms with Gasteiger partial charge in [0.25, 0.3) is 0 Å². The third-order valence-corrected chi connectivity index (χ3v) is 12.2. The van der Waals surface area contributed by atoms with Crippen molar-refractivity contribution in [3.05, 3.63) is 0 Å². The van der Waals surface area contributed by atoms with Crippen molar-refractivity contribution in [2.24, 2.45) is 11.7 Å². The van der Waals surface area contributed by atoms with E-state index in [9.17, 15) is 38.5 Å². The van der Waals surface area contributed by atoms with Crippen molar-refractivity contribution >= 4 is 55.8 Å². The summed E-state index contributed by atoms with van der Waals surface area (Å²) in [5.41, 5.74) is 5.62. The van der Waals surface area contributed by atoms with E-state index in [1.165, 1.54) is 47.1 Å². The van der Waals surface area contributed by atoms with E-state index in [0.717, 1.165) is 44.2 Å². The number of halogens is 1. The van der Waals surface area contributed by atoms with Gasteiger partial charge in [0.05, 0.1) is 30.9 Å². The molecule has 17 nitrogen and oxygen atoms in total. The number of rotatable bonds is 6. The van der Waals surface area contributed by atoms with Gasteiger partial charge in [0.2, 0.25) is 39.1 Å². The lowest BCUT2D eigenvalue weighted by molar-refractivity contribution is -0.142. The molecule has 4 aliphatic rings. The van der Waals surface area contributed by atoms with Crippen LogP contribution in [0.4, 0.5) is 0 Å². The smallest absolute Gasteiger partial charge is 0.306 e. The average Bonchev–Trinajstić information content (AvgIpc) is 3.00. The van der Waals surface area contributed by atoms with E-state index in [1.54, 1.807) is 4.31 Å². The number of carboxylic acids is 1. The van der Waals surface area contributed by atoms with Crippen LogP contribution in [-0.2, 0) is 43.9 Å². The molecule has 4 aliphatic heterocycles. The summed E-state index contributed by atoms with van der Waals surface area (Å²) in [4.78, 5) is 10.5. The van der Waals surface area contributed by atoms with Crippen LogP contribution < -0.4 is 21.7 Å². The predicted octanol–water partition coefficient (Wildman–Crippen LogP) is -1.12. The van der Waals surface area contributed by atoms with Crippen molar-refractivity contribution in [1.29, 1.82) is 0 Å². The lowest BCUT2D eigenvalue weighted by Gasteiger charge is -2.29. The zero-order chi connectivity index (χ0) is 38.1. The van der Waals surface area contributed by atoms with Gasteiger partial charge < -0.3 is 26.8 Å². The lowest BCUT2D eigenvalue weighted by Crippen LogP contribution is -2.43. The number of carboxylic acid groups (broad SMARTS) is 1. The summed E-state index contributed by atoms with van der Waals surface area (Å²) >= 11 is 0. The van der Waals surface area contributed by atoms with Crippen molar-refractivity contribution < 1.29 is 43.6 Å². The highest BCUT2D eigenvalue weighted by Gasteiger charge is 2.28. The first-order valence-electron chi connectivity index (χ1n) is 16.2. The Kier molecular flexibility index (Phi) is 22.7. The molecule has 4 saturated heterocycles. The first-order valence-corrected chi connectivity index (χ1v) is 24.4. The fourth-order valence-electron chi connectivity index (χ4n) is 5.23. The second-order valence-corrected chi connectivity index (χ2v) is 21.5. The Labute approximate surface area is 299 Å². The van der Waals surface area contributed by atoms with Crippen LogP contribution in [0.5, 0.6) is 0 Å². The van der Waals surface area contributed by atoms with E-state index >= 15 is 0 Å². The molecule has 0 radical (unpaired) electrons. The maximum absolute atomic E-state index is 11.1. The zero-order valence-corrected chi connectivity index (χ0v) is 33.7. The zero-order valence-electron chi connectivity index (χ0n) is 29.7. The Balaban J connectivity index is 0.000000605. The van der Waals surface area contributed by atoms with Crippen LogP contribution >= 0.6 is 10.7 Å². The second kappa shape index (κ2) is 23.1. The van der Waals surface area contributed by atoms with E-state index in [0.29, 0.717) is 58.2 Å². The summed E-state index contributed by atoms with van der Waals surface area (Å²) in [5, 5.41) is 18.4. The SMILES string of the molecule is CNC1CCN(S(C)(=O)=O)CC1.CNC1CCNCC1.CS(=O)(=O)Cl.CS(=O)(=O)N1CCC(C(=O)O)CC1.CS(=O)(=O)N1CCC(N)CC1. The fraction of sp³-hybridized carbons (Fsp3) is 0.963. The van der Waals surface area contributed by atoms with Gasteiger partial charge in [-0.2, -0.15) is 0 Å². The minimum absolute atomic E-state index is 0.188. The van der Waals surface area contributed by atoms with Crippen LogP contribution in [0.3, 0.4) is 0 Å². The topological polar surface area (TPSA) is 246 Å². The van der Waals surface area contributed by atoms with Gasteiger partial charge in [-0.3, -0.25) is 4.79 Å². The largest absolute Gasteiger partial charge is 0.481 e. The Hall–Kier alpha value is -0.720. The van der Waals surface area contributed by atoms with Crippen molar-refractivity contribution in [3.8, 4) is 0 Å². The Morgan fingerprint density at radius 1 is 0.633 bits per heavy atom. The first kappa shape index (κ1) is 48.3. The number of hydrogen-bond acceptors (Lipinski definition) is 13. The molecule has 0 aromatic rings. The molecular formula is C27H60ClN7O10S4. The molecule has 0 amide bonds. The Bertz CT molecular complexity index is 1370. The molecule has 0 saturated carbocycles. The molecule has 6 N–H and O–H groups in total.